The molecule has 0 aromatic heterocycles. The van der Waals surface area contributed by atoms with Crippen LogP contribution in [-0.2, 0) is 6.42 Å². The summed E-state index contributed by atoms with van der Waals surface area (Å²) in [7, 11) is 0. The zero-order valence-electron chi connectivity index (χ0n) is 11.1. The second kappa shape index (κ2) is 6.52. The quantitative estimate of drug-likeness (QED) is 0.707. The molecule has 0 atom stereocenters. The average Bonchev–Trinajstić information content (AvgIpc) is 2.29. The molecule has 4 heteroatoms. The summed E-state index contributed by atoms with van der Waals surface area (Å²) in [5, 5.41) is 11.9. The minimum absolute atomic E-state index is 0.0533. The molecule has 4 nitrogen and oxygen atoms in total. The van der Waals surface area contributed by atoms with E-state index in [0.717, 1.165) is 5.56 Å². The first kappa shape index (κ1) is 14.7. The van der Waals surface area contributed by atoms with Crippen LogP contribution >= 0.6 is 0 Å². The number of aliphatic hydroxyl groups is 1. The molecule has 1 aromatic carbocycles. The Morgan fingerprint density at radius 3 is 2.67 bits per heavy atom. The third-order valence-electron chi connectivity index (χ3n) is 2.86. The number of carbonyl (C=O) groups is 1. The summed E-state index contributed by atoms with van der Waals surface area (Å²) in [6, 6.07) is 7.46. The van der Waals surface area contributed by atoms with Crippen molar-refractivity contribution in [2.75, 3.05) is 13.2 Å². The molecule has 1 rings (SSSR count). The van der Waals surface area contributed by atoms with Gasteiger partial charge in [0, 0.05) is 17.7 Å². The smallest absolute Gasteiger partial charge is 0.251 e. The van der Waals surface area contributed by atoms with E-state index in [9.17, 15) is 4.79 Å². The van der Waals surface area contributed by atoms with Crippen LogP contribution in [0.1, 0.15) is 36.2 Å². The number of benzene rings is 1. The fourth-order valence-electron chi connectivity index (χ4n) is 1.83. The highest BCUT2D eigenvalue weighted by molar-refractivity contribution is 5.96. The van der Waals surface area contributed by atoms with Gasteiger partial charge in [0.15, 0.2) is 0 Å². The predicted molar refractivity (Wildman–Crippen MR) is 72.4 cm³/mol. The van der Waals surface area contributed by atoms with Crippen LogP contribution in [0.3, 0.4) is 0 Å². The second-order valence-corrected chi connectivity index (χ2v) is 5.01. The Morgan fingerprint density at radius 2 is 2.06 bits per heavy atom. The highest BCUT2D eigenvalue weighted by Gasteiger charge is 2.21. The van der Waals surface area contributed by atoms with Crippen LogP contribution in [0.15, 0.2) is 24.3 Å². The van der Waals surface area contributed by atoms with Crippen LogP contribution < -0.4 is 11.1 Å². The van der Waals surface area contributed by atoms with Crippen molar-refractivity contribution in [3.63, 3.8) is 0 Å². The minimum atomic E-state index is -0.415. The van der Waals surface area contributed by atoms with Crippen LogP contribution in [0.25, 0.3) is 0 Å². The summed E-state index contributed by atoms with van der Waals surface area (Å²) in [5.74, 6) is -0.113. The summed E-state index contributed by atoms with van der Waals surface area (Å²) >= 11 is 0. The molecular weight excluding hydrogens is 228 g/mol. The Morgan fingerprint density at radius 1 is 1.39 bits per heavy atom. The number of carbonyl (C=O) groups excluding carboxylic acids is 1. The number of hydrogen-bond donors (Lipinski definition) is 3. The number of hydrogen-bond acceptors (Lipinski definition) is 3. The molecule has 0 aliphatic heterocycles. The molecule has 18 heavy (non-hydrogen) atoms. The summed E-state index contributed by atoms with van der Waals surface area (Å²) in [4.78, 5) is 12.2. The monoisotopic (exact) mass is 250 g/mol. The number of amides is 1. The summed E-state index contributed by atoms with van der Waals surface area (Å²) in [6.07, 6.45) is 1.21. The van der Waals surface area contributed by atoms with Gasteiger partial charge in [-0.3, -0.25) is 4.79 Å². The molecule has 1 aromatic rings. The van der Waals surface area contributed by atoms with E-state index in [1.807, 2.05) is 32.0 Å². The summed E-state index contributed by atoms with van der Waals surface area (Å²) in [6.45, 7) is 4.36. The van der Waals surface area contributed by atoms with Crippen LogP contribution in [0, 0.1) is 0 Å². The normalized spacial score (nSPS) is 11.3. The third-order valence-corrected chi connectivity index (χ3v) is 2.86. The maximum Gasteiger partial charge on any atom is 0.251 e. The highest BCUT2D eigenvalue weighted by Crippen LogP contribution is 2.13. The number of aliphatic hydroxyl groups excluding tert-OH is 1. The van der Waals surface area contributed by atoms with Gasteiger partial charge in [-0.15, -0.1) is 0 Å². The molecule has 100 valence electrons. The Bertz CT molecular complexity index is 403. The van der Waals surface area contributed by atoms with Crippen LogP contribution in [0.4, 0.5) is 0 Å². The van der Waals surface area contributed by atoms with Gasteiger partial charge in [0.2, 0.25) is 0 Å². The molecule has 0 radical (unpaired) electrons. The fraction of sp³-hybridized carbons (Fsp3) is 0.500. The van der Waals surface area contributed by atoms with E-state index in [0.29, 0.717) is 24.9 Å². The van der Waals surface area contributed by atoms with E-state index in [4.69, 9.17) is 10.8 Å². The third kappa shape index (κ3) is 4.13. The van der Waals surface area contributed by atoms with Gasteiger partial charge in [-0.05, 0) is 44.9 Å². The molecule has 0 spiro atoms. The van der Waals surface area contributed by atoms with Gasteiger partial charge in [0.05, 0.1) is 0 Å². The average molecular weight is 250 g/mol. The summed E-state index contributed by atoms with van der Waals surface area (Å²) < 4.78 is 0. The molecule has 0 bridgehead atoms. The number of nitrogens with two attached hydrogens (primary N) is 1. The fourth-order valence-corrected chi connectivity index (χ4v) is 1.83. The minimum Gasteiger partial charge on any atom is -0.396 e. The largest absolute Gasteiger partial charge is 0.396 e. The number of nitrogens with one attached hydrogen (secondary N) is 1. The van der Waals surface area contributed by atoms with Crippen molar-refractivity contribution in [3.05, 3.63) is 35.4 Å². The van der Waals surface area contributed by atoms with E-state index >= 15 is 0 Å². The van der Waals surface area contributed by atoms with Gasteiger partial charge in [0.1, 0.15) is 0 Å². The zero-order chi connectivity index (χ0) is 13.6. The van der Waals surface area contributed by atoms with Crippen molar-refractivity contribution >= 4 is 5.91 Å². The van der Waals surface area contributed by atoms with Crippen molar-refractivity contribution in [3.8, 4) is 0 Å². The summed E-state index contributed by atoms with van der Waals surface area (Å²) in [5.41, 5.74) is 6.74. The molecule has 0 heterocycles. The molecule has 0 aliphatic carbocycles. The Labute approximate surface area is 108 Å². The maximum absolute atomic E-state index is 12.2. The van der Waals surface area contributed by atoms with Crippen molar-refractivity contribution in [2.45, 2.75) is 32.2 Å². The number of rotatable bonds is 6. The van der Waals surface area contributed by atoms with E-state index in [1.165, 1.54) is 0 Å². The van der Waals surface area contributed by atoms with Gasteiger partial charge in [0.25, 0.3) is 5.91 Å². The van der Waals surface area contributed by atoms with Crippen molar-refractivity contribution in [1.29, 1.82) is 0 Å². The molecule has 4 N–H and O–H groups in total. The lowest BCUT2D eigenvalue weighted by Crippen LogP contribution is -2.44. The van der Waals surface area contributed by atoms with Gasteiger partial charge < -0.3 is 16.2 Å². The van der Waals surface area contributed by atoms with Gasteiger partial charge in [-0.2, -0.15) is 0 Å². The first-order valence-corrected chi connectivity index (χ1v) is 6.21. The topological polar surface area (TPSA) is 75.3 Å². The first-order chi connectivity index (χ1) is 8.50. The molecule has 0 fully saturated rings. The lowest BCUT2D eigenvalue weighted by molar-refractivity contribution is 0.0898. The zero-order valence-corrected chi connectivity index (χ0v) is 11.1. The highest BCUT2D eigenvalue weighted by atomic mass is 16.3. The van der Waals surface area contributed by atoms with E-state index in [2.05, 4.69) is 5.32 Å². The van der Waals surface area contributed by atoms with Gasteiger partial charge in [-0.1, -0.05) is 18.2 Å². The molecule has 0 unspecified atom stereocenters. The Kier molecular flexibility index (Phi) is 5.31. The first-order valence-electron chi connectivity index (χ1n) is 6.21. The maximum atomic E-state index is 12.2. The Hall–Kier alpha value is -1.39. The lowest BCUT2D eigenvalue weighted by atomic mass is 9.98. The van der Waals surface area contributed by atoms with Crippen LogP contribution in [-0.4, -0.2) is 29.7 Å². The molecule has 0 saturated heterocycles. The van der Waals surface area contributed by atoms with Gasteiger partial charge in [-0.25, -0.2) is 0 Å². The van der Waals surface area contributed by atoms with Crippen molar-refractivity contribution in [2.24, 2.45) is 5.73 Å². The predicted octanol–water partition coefficient (Wildman–Crippen LogP) is 1.08. The molecule has 0 aliphatic rings. The van der Waals surface area contributed by atoms with E-state index < -0.39 is 5.54 Å². The second-order valence-electron chi connectivity index (χ2n) is 5.01. The van der Waals surface area contributed by atoms with E-state index in [1.54, 1.807) is 6.07 Å². The molecular formula is C14H22N2O2. The van der Waals surface area contributed by atoms with Crippen LogP contribution in [0.2, 0.25) is 0 Å². The van der Waals surface area contributed by atoms with Crippen molar-refractivity contribution in [1.82, 2.24) is 5.32 Å². The molecule has 0 saturated carbocycles. The Balaban J connectivity index is 2.84. The standard InChI is InChI=1S/C14H22N2O2/c1-14(2,8-10-17)16-13(18)12-6-4-3-5-11(12)7-9-15/h3-6,17H,7-10,15H2,1-2H3,(H,16,18). The SMILES string of the molecule is CC(C)(CCO)NC(=O)c1ccccc1CCN. The van der Waals surface area contributed by atoms with E-state index in [-0.39, 0.29) is 12.5 Å². The van der Waals surface area contributed by atoms with Crippen LogP contribution in [0.5, 0.6) is 0 Å². The molecule has 1 amide bonds. The lowest BCUT2D eigenvalue weighted by Gasteiger charge is -2.26. The van der Waals surface area contributed by atoms with Gasteiger partial charge >= 0.3 is 0 Å². The van der Waals surface area contributed by atoms with Crippen molar-refractivity contribution < 1.29 is 9.90 Å².